The number of nitrogens with two attached hydrogens (primary N) is 1. The average Bonchev–Trinajstić information content (AvgIpc) is 2.35. The lowest BCUT2D eigenvalue weighted by Gasteiger charge is -2.37. The first-order valence-electron chi connectivity index (χ1n) is 6.80. The number of hydrogen-bond donors (Lipinski definition) is 1. The lowest BCUT2D eigenvalue weighted by molar-refractivity contribution is 0.339. The van der Waals surface area contributed by atoms with Crippen LogP contribution >= 0.6 is 0 Å². The maximum Gasteiger partial charge on any atom is 0.250 e. The maximum absolute atomic E-state index is 6.35. The van der Waals surface area contributed by atoms with E-state index >= 15 is 0 Å². The summed E-state index contributed by atoms with van der Waals surface area (Å²) in [5.41, 5.74) is 6.71. The highest BCUT2D eigenvalue weighted by molar-refractivity contribution is 6.74. The van der Waals surface area contributed by atoms with Gasteiger partial charge < -0.3 is 19.6 Å². The van der Waals surface area contributed by atoms with Crippen LogP contribution in [0.25, 0.3) is 0 Å². The van der Waals surface area contributed by atoms with Crippen molar-refractivity contribution >= 4 is 8.32 Å². The van der Waals surface area contributed by atoms with Gasteiger partial charge in [0, 0.05) is 6.54 Å². The summed E-state index contributed by atoms with van der Waals surface area (Å²) in [5.74, 6) is 2.01. The Balaban J connectivity index is 3.29. The lowest BCUT2D eigenvalue weighted by Crippen LogP contribution is -2.44. The molecule has 0 saturated carbocycles. The van der Waals surface area contributed by atoms with Crippen molar-refractivity contribution in [2.45, 2.75) is 45.4 Å². The highest BCUT2D eigenvalue weighted by atomic mass is 28.4. The quantitative estimate of drug-likeness (QED) is 0.845. The summed E-state index contributed by atoms with van der Waals surface area (Å²) < 4.78 is 17.2. The molecule has 0 fully saturated rings. The van der Waals surface area contributed by atoms with Crippen LogP contribution in [0.3, 0.4) is 0 Å². The minimum Gasteiger partial charge on any atom is -0.541 e. The van der Waals surface area contributed by atoms with Gasteiger partial charge in [-0.25, -0.2) is 0 Å². The first-order valence-corrected chi connectivity index (χ1v) is 9.71. The van der Waals surface area contributed by atoms with Gasteiger partial charge in [-0.1, -0.05) is 20.8 Å². The van der Waals surface area contributed by atoms with Gasteiger partial charge in [-0.05, 0) is 35.8 Å². The second-order valence-electron chi connectivity index (χ2n) is 6.40. The molecule has 0 saturated heterocycles. The molecule has 0 atom stereocenters. The fraction of sp³-hybridized carbons (Fsp3) is 0.600. The third-order valence-corrected chi connectivity index (χ3v) is 8.25. The van der Waals surface area contributed by atoms with Gasteiger partial charge in [-0.3, -0.25) is 0 Å². The summed E-state index contributed by atoms with van der Waals surface area (Å²) in [6.07, 6.45) is 0. The average molecular weight is 297 g/mol. The molecule has 1 aromatic carbocycles. The lowest BCUT2D eigenvalue weighted by atomic mass is 10.2. The molecule has 20 heavy (non-hydrogen) atoms. The van der Waals surface area contributed by atoms with Crippen molar-refractivity contribution < 1.29 is 13.9 Å². The second-order valence-corrected chi connectivity index (χ2v) is 11.1. The van der Waals surface area contributed by atoms with E-state index in [0.717, 1.165) is 11.3 Å². The molecule has 0 aliphatic heterocycles. The van der Waals surface area contributed by atoms with E-state index in [0.29, 0.717) is 18.0 Å². The fourth-order valence-electron chi connectivity index (χ4n) is 1.61. The molecule has 0 amide bonds. The molecule has 1 aromatic rings. The molecule has 0 unspecified atom stereocenters. The van der Waals surface area contributed by atoms with Crippen LogP contribution in [0.5, 0.6) is 17.2 Å². The zero-order valence-electron chi connectivity index (χ0n) is 13.7. The molecule has 1 rings (SSSR count). The highest BCUT2D eigenvalue weighted by Gasteiger charge is 2.39. The monoisotopic (exact) mass is 297 g/mol. The Morgan fingerprint density at radius 2 is 1.60 bits per heavy atom. The molecular formula is C15H27NO3Si. The maximum atomic E-state index is 6.35. The predicted molar refractivity (Wildman–Crippen MR) is 85.3 cm³/mol. The smallest absolute Gasteiger partial charge is 0.250 e. The van der Waals surface area contributed by atoms with Gasteiger partial charge in [0.05, 0.1) is 14.2 Å². The Hall–Kier alpha value is -1.20. The number of ether oxygens (including phenoxy) is 2. The first kappa shape index (κ1) is 16.9. The largest absolute Gasteiger partial charge is 0.541 e. The number of rotatable bonds is 5. The third kappa shape index (κ3) is 3.46. The van der Waals surface area contributed by atoms with Crippen LogP contribution in [0, 0.1) is 0 Å². The van der Waals surface area contributed by atoms with Crippen LogP contribution in [-0.4, -0.2) is 22.5 Å². The van der Waals surface area contributed by atoms with Gasteiger partial charge in [-0.2, -0.15) is 0 Å². The Bertz CT molecular complexity index is 467. The molecular weight excluding hydrogens is 270 g/mol. The van der Waals surface area contributed by atoms with Gasteiger partial charge in [0.2, 0.25) is 5.75 Å². The molecule has 0 aromatic heterocycles. The van der Waals surface area contributed by atoms with Crippen LogP contribution in [0.4, 0.5) is 0 Å². The van der Waals surface area contributed by atoms with Crippen molar-refractivity contribution in [1.29, 1.82) is 0 Å². The Morgan fingerprint density at radius 1 is 1.05 bits per heavy atom. The van der Waals surface area contributed by atoms with Gasteiger partial charge in [-0.15, -0.1) is 0 Å². The number of hydrogen-bond acceptors (Lipinski definition) is 4. The fourth-order valence-corrected chi connectivity index (χ4v) is 2.61. The summed E-state index contributed by atoms with van der Waals surface area (Å²) >= 11 is 0. The van der Waals surface area contributed by atoms with E-state index in [-0.39, 0.29) is 5.04 Å². The van der Waals surface area contributed by atoms with Crippen molar-refractivity contribution in [1.82, 2.24) is 0 Å². The van der Waals surface area contributed by atoms with E-state index in [1.807, 2.05) is 12.1 Å². The van der Waals surface area contributed by atoms with Gasteiger partial charge >= 0.3 is 0 Å². The summed E-state index contributed by atoms with van der Waals surface area (Å²) in [4.78, 5) is 0. The normalized spacial score (nSPS) is 12.2. The summed E-state index contributed by atoms with van der Waals surface area (Å²) in [6.45, 7) is 11.5. The van der Waals surface area contributed by atoms with E-state index in [4.69, 9.17) is 19.6 Å². The minimum atomic E-state index is -1.94. The van der Waals surface area contributed by atoms with Crippen LogP contribution in [0.2, 0.25) is 18.1 Å². The van der Waals surface area contributed by atoms with Gasteiger partial charge in [0.1, 0.15) is 0 Å². The zero-order valence-corrected chi connectivity index (χ0v) is 14.7. The van der Waals surface area contributed by atoms with E-state index in [1.165, 1.54) is 0 Å². The Labute approximate surface area is 123 Å². The molecule has 114 valence electrons. The highest BCUT2D eigenvalue weighted by Crippen LogP contribution is 2.43. The van der Waals surface area contributed by atoms with Crippen molar-refractivity contribution in [3.63, 3.8) is 0 Å². The molecule has 0 bridgehead atoms. The Kier molecular flexibility index (Phi) is 5.10. The molecule has 2 N–H and O–H groups in total. The summed E-state index contributed by atoms with van der Waals surface area (Å²) in [7, 11) is 1.30. The zero-order chi connectivity index (χ0) is 15.6. The standard InChI is InChI=1S/C15H27NO3Si/c1-15(2,3)20(6,7)19-13-9-11(10-16)8-12(17-4)14(13)18-5/h8-9H,10,16H2,1-7H3. The summed E-state index contributed by atoms with van der Waals surface area (Å²) in [5, 5.41) is 0.115. The van der Waals surface area contributed by atoms with Crippen molar-refractivity contribution in [3.05, 3.63) is 17.7 Å². The topological polar surface area (TPSA) is 53.7 Å². The molecule has 0 heterocycles. The molecule has 4 nitrogen and oxygen atoms in total. The number of benzene rings is 1. The van der Waals surface area contributed by atoms with Crippen molar-refractivity contribution in [3.8, 4) is 17.2 Å². The van der Waals surface area contributed by atoms with Crippen LogP contribution in [0.15, 0.2) is 12.1 Å². The molecule has 0 aliphatic carbocycles. The van der Waals surface area contributed by atoms with Gasteiger partial charge in [0.25, 0.3) is 8.32 Å². The molecule has 0 radical (unpaired) electrons. The van der Waals surface area contributed by atoms with E-state index in [1.54, 1.807) is 14.2 Å². The van der Waals surface area contributed by atoms with E-state index in [9.17, 15) is 0 Å². The van der Waals surface area contributed by atoms with Crippen LogP contribution in [-0.2, 0) is 6.54 Å². The molecule has 0 aliphatic rings. The predicted octanol–water partition coefficient (Wildman–Crippen LogP) is 3.55. The SMILES string of the molecule is COc1cc(CN)cc(O[Si](C)(C)C(C)(C)C)c1OC. The minimum absolute atomic E-state index is 0.115. The molecule has 0 spiro atoms. The van der Waals surface area contributed by atoms with E-state index in [2.05, 4.69) is 33.9 Å². The second kappa shape index (κ2) is 6.05. The van der Waals surface area contributed by atoms with Crippen molar-refractivity contribution in [2.75, 3.05) is 14.2 Å². The number of methoxy groups -OCH3 is 2. The first-order chi connectivity index (χ1) is 9.16. The molecule has 5 heteroatoms. The summed E-state index contributed by atoms with van der Waals surface area (Å²) in [6, 6.07) is 3.83. The third-order valence-electron chi connectivity index (χ3n) is 3.91. The van der Waals surface area contributed by atoms with E-state index < -0.39 is 8.32 Å². The van der Waals surface area contributed by atoms with Gasteiger partial charge in [0.15, 0.2) is 11.5 Å². The van der Waals surface area contributed by atoms with Crippen molar-refractivity contribution in [2.24, 2.45) is 5.73 Å². The van der Waals surface area contributed by atoms with Crippen LogP contribution in [0.1, 0.15) is 26.3 Å². The Morgan fingerprint density at radius 3 is 2.00 bits per heavy atom. The van der Waals surface area contributed by atoms with Crippen LogP contribution < -0.4 is 19.6 Å².